The summed E-state index contributed by atoms with van der Waals surface area (Å²) in [6, 6.07) is 1.38. The van der Waals surface area contributed by atoms with Crippen LogP contribution in [0.1, 0.15) is 40.4 Å². The summed E-state index contributed by atoms with van der Waals surface area (Å²) in [7, 11) is 0. The Kier molecular flexibility index (Phi) is 4.83. The van der Waals surface area contributed by atoms with Crippen molar-refractivity contribution in [1.82, 2.24) is 9.97 Å². The summed E-state index contributed by atoms with van der Waals surface area (Å²) < 4.78 is 42.5. The van der Waals surface area contributed by atoms with E-state index in [1.165, 1.54) is 6.07 Å². The van der Waals surface area contributed by atoms with Crippen molar-refractivity contribution >= 4 is 5.82 Å². The van der Waals surface area contributed by atoms with Gasteiger partial charge in [-0.05, 0) is 13.8 Å². The van der Waals surface area contributed by atoms with Crippen LogP contribution in [0, 0.1) is 0 Å². The predicted octanol–water partition coefficient (Wildman–Crippen LogP) is 3.54. The Bertz CT molecular complexity index is 455. The number of hydrogen-bond acceptors (Lipinski definition) is 4. The molecule has 1 aromatic rings. The Morgan fingerprint density at radius 2 is 1.85 bits per heavy atom. The lowest BCUT2D eigenvalue weighted by Crippen LogP contribution is -2.32. The number of hydrogen-bond donors (Lipinski definition) is 1. The van der Waals surface area contributed by atoms with Gasteiger partial charge in [0.25, 0.3) is 0 Å². The van der Waals surface area contributed by atoms with E-state index in [1.807, 2.05) is 27.7 Å². The first-order chi connectivity index (χ1) is 9.04. The molecule has 1 atom stereocenters. The molecule has 1 rings (SSSR count). The summed E-state index contributed by atoms with van der Waals surface area (Å²) in [5, 5.41) is 2.96. The van der Waals surface area contributed by atoms with Crippen molar-refractivity contribution in [2.24, 2.45) is 0 Å². The van der Waals surface area contributed by atoms with Crippen molar-refractivity contribution in [3.05, 3.63) is 11.9 Å². The Hall–Kier alpha value is -1.53. The number of rotatable bonds is 4. The van der Waals surface area contributed by atoms with Crippen LogP contribution in [-0.4, -0.2) is 28.8 Å². The highest BCUT2D eigenvalue weighted by Gasteiger charge is 2.38. The molecule has 20 heavy (non-hydrogen) atoms. The second kappa shape index (κ2) is 5.85. The lowest BCUT2D eigenvalue weighted by Gasteiger charge is -2.21. The minimum Gasteiger partial charge on any atom is -0.465 e. The van der Waals surface area contributed by atoms with Crippen molar-refractivity contribution in [2.75, 3.05) is 11.9 Å². The fraction of sp³-hybridized carbons (Fsp3) is 0.692. The number of aromatic nitrogens is 2. The van der Waals surface area contributed by atoms with Gasteiger partial charge in [-0.15, -0.1) is 0 Å². The highest BCUT2D eigenvalue weighted by molar-refractivity contribution is 5.39. The van der Waals surface area contributed by atoms with E-state index in [0.717, 1.165) is 6.92 Å². The number of nitrogens with zero attached hydrogens (tertiary/aromatic N) is 2. The first-order valence-corrected chi connectivity index (χ1v) is 6.41. The molecule has 0 radical (unpaired) electrons. The second-order valence-corrected chi connectivity index (χ2v) is 5.50. The van der Waals surface area contributed by atoms with E-state index in [-0.39, 0.29) is 11.3 Å². The van der Waals surface area contributed by atoms with Gasteiger partial charge in [0.05, 0.1) is 0 Å². The largest absolute Gasteiger partial charge is 0.465 e. The molecular weight excluding hydrogens is 271 g/mol. The zero-order valence-electron chi connectivity index (χ0n) is 12.3. The molecule has 1 heterocycles. The van der Waals surface area contributed by atoms with Crippen molar-refractivity contribution < 1.29 is 17.9 Å². The third-order valence-corrected chi connectivity index (χ3v) is 2.49. The zero-order valence-corrected chi connectivity index (χ0v) is 12.3. The van der Waals surface area contributed by atoms with Gasteiger partial charge in [0, 0.05) is 18.0 Å². The molecule has 1 aromatic heterocycles. The molecule has 4 nitrogen and oxygen atoms in total. The maximum atomic E-state index is 12.5. The molecular formula is C13H20F3N3O. The normalized spacial score (nSPS) is 14.0. The van der Waals surface area contributed by atoms with Crippen molar-refractivity contribution in [1.29, 1.82) is 0 Å². The van der Waals surface area contributed by atoms with Gasteiger partial charge in [-0.3, -0.25) is 0 Å². The first kappa shape index (κ1) is 16.5. The summed E-state index contributed by atoms with van der Waals surface area (Å²) in [5.41, 5.74) is -0.384. The summed E-state index contributed by atoms with van der Waals surface area (Å²) in [6.07, 6.45) is -6.34. The molecule has 114 valence electrons. The van der Waals surface area contributed by atoms with Crippen LogP contribution in [0.2, 0.25) is 0 Å². The SMILES string of the molecule is CCNc1cc(OC(C)C(F)(F)F)nc(C(C)(C)C)n1. The summed E-state index contributed by atoms with van der Waals surface area (Å²) in [4.78, 5) is 8.35. The fourth-order valence-corrected chi connectivity index (χ4v) is 1.34. The van der Waals surface area contributed by atoms with E-state index >= 15 is 0 Å². The smallest absolute Gasteiger partial charge is 0.425 e. The number of alkyl halides is 3. The molecule has 0 saturated heterocycles. The fourth-order valence-electron chi connectivity index (χ4n) is 1.34. The van der Waals surface area contributed by atoms with Crippen LogP contribution in [0.25, 0.3) is 0 Å². The highest BCUT2D eigenvalue weighted by Crippen LogP contribution is 2.27. The molecule has 0 amide bonds. The van der Waals surface area contributed by atoms with E-state index in [4.69, 9.17) is 4.74 Å². The van der Waals surface area contributed by atoms with E-state index in [0.29, 0.717) is 18.2 Å². The summed E-state index contributed by atoms with van der Waals surface area (Å²) in [6.45, 7) is 9.08. The third kappa shape index (κ3) is 4.54. The average Bonchev–Trinajstić information content (AvgIpc) is 2.26. The molecule has 0 aliphatic rings. The van der Waals surface area contributed by atoms with Crippen LogP contribution >= 0.6 is 0 Å². The van der Waals surface area contributed by atoms with Gasteiger partial charge in [0.15, 0.2) is 6.10 Å². The Morgan fingerprint density at radius 1 is 1.25 bits per heavy atom. The number of halogens is 3. The quantitative estimate of drug-likeness (QED) is 0.921. The van der Waals surface area contributed by atoms with Crippen LogP contribution in [0.3, 0.4) is 0 Å². The molecule has 1 N–H and O–H groups in total. The zero-order chi connectivity index (χ0) is 15.6. The Labute approximate surface area is 116 Å². The Morgan fingerprint density at radius 3 is 2.30 bits per heavy atom. The molecule has 0 aliphatic heterocycles. The van der Waals surface area contributed by atoms with E-state index in [9.17, 15) is 13.2 Å². The van der Waals surface area contributed by atoms with Gasteiger partial charge in [0.2, 0.25) is 5.88 Å². The van der Waals surface area contributed by atoms with E-state index < -0.39 is 12.3 Å². The molecule has 0 bridgehead atoms. The van der Waals surface area contributed by atoms with Gasteiger partial charge in [-0.2, -0.15) is 18.2 Å². The lowest BCUT2D eigenvalue weighted by atomic mass is 9.96. The maximum Gasteiger partial charge on any atom is 0.425 e. The third-order valence-electron chi connectivity index (χ3n) is 2.49. The summed E-state index contributed by atoms with van der Waals surface area (Å²) in [5.74, 6) is 0.808. The second-order valence-electron chi connectivity index (χ2n) is 5.50. The van der Waals surface area contributed by atoms with Crippen molar-refractivity contribution in [2.45, 2.75) is 52.3 Å². The van der Waals surface area contributed by atoms with Crippen LogP contribution in [0.5, 0.6) is 5.88 Å². The monoisotopic (exact) mass is 291 g/mol. The standard InChI is InChI=1S/C13H20F3N3O/c1-6-17-9-7-10(20-8(2)13(14,15)16)19-11(18-9)12(3,4)5/h7-8H,6H2,1-5H3,(H,17,18,19). The molecule has 0 spiro atoms. The van der Waals surface area contributed by atoms with Gasteiger partial charge >= 0.3 is 6.18 Å². The van der Waals surface area contributed by atoms with Crippen LogP contribution in [-0.2, 0) is 5.41 Å². The van der Waals surface area contributed by atoms with Crippen molar-refractivity contribution in [3.63, 3.8) is 0 Å². The Balaban J connectivity index is 3.09. The van der Waals surface area contributed by atoms with Gasteiger partial charge in [0.1, 0.15) is 11.6 Å². The topological polar surface area (TPSA) is 47.0 Å². The van der Waals surface area contributed by atoms with Gasteiger partial charge < -0.3 is 10.1 Å². The average molecular weight is 291 g/mol. The molecule has 0 fully saturated rings. The molecule has 0 aromatic carbocycles. The lowest BCUT2D eigenvalue weighted by molar-refractivity contribution is -0.190. The number of anilines is 1. The van der Waals surface area contributed by atoms with Crippen molar-refractivity contribution in [3.8, 4) is 5.88 Å². The molecule has 7 heteroatoms. The highest BCUT2D eigenvalue weighted by atomic mass is 19.4. The predicted molar refractivity (Wildman–Crippen MR) is 71.0 cm³/mol. The molecule has 0 aliphatic carbocycles. The van der Waals surface area contributed by atoms with Crippen LogP contribution < -0.4 is 10.1 Å². The first-order valence-electron chi connectivity index (χ1n) is 6.41. The molecule has 0 saturated carbocycles. The summed E-state index contributed by atoms with van der Waals surface area (Å²) >= 11 is 0. The number of ether oxygens (including phenoxy) is 1. The van der Waals surface area contributed by atoms with E-state index in [1.54, 1.807) is 0 Å². The van der Waals surface area contributed by atoms with Crippen LogP contribution in [0.4, 0.5) is 19.0 Å². The van der Waals surface area contributed by atoms with Gasteiger partial charge in [-0.1, -0.05) is 20.8 Å². The molecule has 1 unspecified atom stereocenters. The minimum atomic E-state index is -4.43. The van der Waals surface area contributed by atoms with Crippen LogP contribution in [0.15, 0.2) is 6.07 Å². The maximum absolute atomic E-state index is 12.5. The van der Waals surface area contributed by atoms with Gasteiger partial charge in [-0.25, -0.2) is 4.98 Å². The minimum absolute atomic E-state index is 0.0781. The van der Waals surface area contributed by atoms with E-state index in [2.05, 4.69) is 15.3 Å². The number of nitrogens with one attached hydrogen (secondary N) is 1.